The van der Waals surface area contributed by atoms with Gasteiger partial charge >= 0.3 is 0 Å². The van der Waals surface area contributed by atoms with Crippen molar-refractivity contribution >= 4 is 6.71 Å². The molecule has 2 aliphatic heterocycles. The Bertz CT molecular complexity index is 205. The van der Waals surface area contributed by atoms with E-state index >= 15 is 0 Å². The van der Waals surface area contributed by atoms with Crippen molar-refractivity contribution in [3.8, 4) is 0 Å². The van der Waals surface area contributed by atoms with Gasteiger partial charge in [0.05, 0.1) is 0 Å². The highest BCUT2D eigenvalue weighted by Crippen LogP contribution is 2.43. The maximum Gasteiger partial charge on any atom is 0.140 e. The summed E-state index contributed by atoms with van der Waals surface area (Å²) in [5, 5.41) is 0. The fraction of sp³-hybridized carbons (Fsp3) is 1.00. The van der Waals surface area contributed by atoms with Crippen LogP contribution in [0.1, 0.15) is 57.8 Å². The third kappa shape index (κ3) is 2.66. The average Bonchev–Trinajstić information content (AvgIpc) is 2.38. The second kappa shape index (κ2) is 5.15. The van der Waals surface area contributed by atoms with E-state index in [0.717, 1.165) is 24.5 Å². The van der Waals surface area contributed by atoms with Crippen LogP contribution >= 0.6 is 0 Å². The summed E-state index contributed by atoms with van der Waals surface area (Å²) in [6.07, 6.45) is 18.8. The molecule has 0 spiro atoms. The minimum atomic E-state index is 1.11. The lowest BCUT2D eigenvalue weighted by Crippen LogP contribution is -2.24. The highest BCUT2D eigenvalue weighted by Gasteiger charge is 2.32. The molecule has 0 radical (unpaired) electrons. The summed E-state index contributed by atoms with van der Waals surface area (Å²) in [6, 6.07) is 0. The zero-order valence-corrected chi connectivity index (χ0v) is 10.8. The zero-order chi connectivity index (χ0) is 10.8. The fourth-order valence-corrected chi connectivity index (χ4v) is 4.95. The first-order valence-corrected chi connectivity index (χ1v) is 7.90. The molecule has 4 bridgehead atoms. The molecule has 0 aromatic heterocycles. The van der Waals surface area contributed by atoms with E-state index in [4.69, 9.17) is 0 Å². The van der Waals surface area contributed by atoms with Gasteiger partial charge in [0.1, 0.15) is 6.71 Å². The molecule has 1 heteroatoms. The number of fused-ring (bicyclic) bond motifs is 3. The summed E-state index contributed by atoms with van der Waals surface area (Å²) in [5.74, 6) is 3.38. The molecule has 2 unspecified atom stereocenters. The predicted molar refractivity (Wildman–Crippen MR) is 72.2 cm³/mol. The van der Waals surface area contributed by atoms with Crippen molar-refractivity contribution in [3.63, 3.8) is 0 Å². The van der Waals surface area contributed by atoms with Crippen LogP contribution in [-0.2, 0) is 0 Å². The molecule has 0 aromatic rings. The van der Waals surface area contributed by atoms with E-state index < -0.39 is 0 Å². The van der Waals surface area contributed by atoms with Crippen LogP contribution in [0, 0.1) is 17.8 Å². The summed E-state index contributed by atoms with van der Waals surface area (Å²) >= 11 is 0. The van der Waals surface area contributed by atoms with E-state index in [0.29, 0.717) is 0 Å². The van der Waals surface area contributed by atoms with Crippen molar-refractivity contribution < 1.29 is 0 Å². The Labute approximate surface area is 102 Å². The molecule has 2 atom stereocenters. The topological polar surface area (TPSA) is 0 Å². The van der Waals surface area contributed by atoms with Crippen LogP contribution in [-0.4, -0.2) is 6.71 Å². The van der Waals surface area contributed by atoms with Crippen LogP contribution in [0.15, 0.2) is 0 Å². The summed E-state index contributed by atoms with van der Waals surface area (Å²) in [6.45, 7) is 1.11. The van der Waals surface area contributed by atoms with Gasteiger partial charge in [-0.25, -0.2) is 0 Å². The Balaban J connectivity index is 1.76. The Morgan fingerprint density at radius 1 is 0.625 bits per heavy atom. The molecule has 3 aliphatic rings. The standard InChI is InChI=1S/C15H27B/c1-3-7-16-8-4-2-6-14-9-13(5-1)10-15(11-14)12-16/h13-15H,1-12H2. The van der Waals surface area contributed by atoms with Gasteiger partial charge in [0.25, 0.3) is 0 Å². The van der Waals surface area contributed by atoms with Crippen LogP contribution in [0.2, 0.25) is 19.0 Å². The number of rotatable bonds is 0. The van der Waals surface area contributed by atoms with Gasteiger partial charge in [0.15, 0.2) is 0 Å². The van der Waals surface area contributed by atoms with Gasteiger partial charge < -0.3 is 0 Å². The Hall–Kier alpha value is 0.0649. The molecule has 0 N–H and O–H groups in total. The highest BCUT2D eigenvalue weighted by molar-refractivity contribution is 6.58. The quantitative estimate of drug-likeness (QED) is 0.508. The van der Waals surface area contributed by atoms with Crippen LogP contribution in [0.4, 0.5) is 0 Å². The predicted octanol–water partition coefficient (Wildman–Crippen LogP) is 4.88. The molecule has 0 nitrogen and oxygen atoms in total. The first kappa shape index (κ1) is 11.2. The van der Waals surface area contributed by atoms with Crippen molar-refractivity contribution in [2.24, 2.45) is 17.8 Å². The average molecular weight is 218 g/mol. The molecular formula is C15H27B. The number of hydrogen-bond acceptors (Lipinski definition) is 0. The Morgan fingerprint density at radius 2 is 1.19 bits per heavy atom. The van der Waals surface area contributed by atoms with E-state index in [1.807, 2.05) is 0 Å². The molecule has 0 aromatic carbocycles. The molecular weight excluding hydrogens is 191 g/mol. The number of hydrogen-bond donors (Lipinski definition) is 0. The third-order valence-electron chi connectivity index (χ3n) is 5.62. The van der Waals surface area contributed by atoms with Crippen LogP contribution in [0.5, 0.6) is 0 Å². The second-order valence-electron chi connectivity index (χ2n) is 6.98. The maximum atomic E-state index is 1.60. The van der Waals surface area contributed by atoms with Crippen LogP contribution in [0.25, 0.3) is 0 Å². The maximum absolute atomic E-state index is 1.60. The van der Waals surface area contributed by atoms with Gasteiger partial charge in [-0.3, -0.25) is 0 Å². The van der Waals surface area contributed by atoms with Crippen molar-refractivity contribution in [2.75, 3.05) is 0 Å². The first-order valence-electron chi connectivity index (χ1n) is 7.90. The van der Waals surface area contributed by atoms with Crippen molar-refractivity contribution in [3.05, 3.63) is 0 Å². The van der Waals surface area contributed by atoms with Crippen molar-refractivity contribution in [2.45, 2.75) is 76.7 Å². The highest BCUT2D eigenvalue weighted by atomic mass is 14.3. The van der Waals surface area contributed by atoms with E-state index in [2.05, 4.69) is 0 Å². The molecule has 3 fully saturated rings. The Morgan fingerprint density at radius 3 is 1.81 bits per heavy atom. The van der Waals surface area contributed by atoms with Gasteiger partial charge in [-0.2, -0.15) is 0 Å². The molecule has 2 saturated heterocycles. The summed E-state index contributed by atoms with van der Waals surface area (Å²) in [4.78, 5) is 0. The third-order valence-corrected chi connectivity index (χ3v) is 5.62. The monoisotopic (exact) mass is 218 g/mol. The van der Waals surface area contributed by atoms with E-state index in [-0.39, 0.29) is 0 Å². The Kier molecular flexibility index (Phi) is 3.59. The second-order valence-corrected chi connectivity index (χ2v) is 6.98. The molecule has 90 valence electrons. The van der Waals surface area contributed by atoms with Gasteiger partial charge in [0, 0.05) is 0 Å². The minimum Gasteiger partial charge on any atom is -0.0741 e. The first-order chi connectivity index (χ1) is 7.90. The van der Waals surface area contributed by atoms with E-state index in [9.17, 15) is 0 Å². The van der Waals surface area contributed by atoms with Gasteiger partial charge in [-0.05, 0) is 37.0 Å². The summed E-state index contributed by atoms with van der Waals surface area (Å²) in [5.41, 5.74) is 0. The lowest BCUT2D eigenvalue weighted by molar-refractivity contribution is 0.187. The van der Waals surface area contributed by atoms with Crippen molar-refractivity contribution in [1.29, 1.82) is 0 Å². The summed E-state index contributed by atoms with van der Waals surface area (Å²) in [7, 11) is 0. The van der Waals surface area contributed by atoms with Gasteiger partial charge in [-0.1, -0.05) is 57.5 Å². The van der Waals surface area contributed by atoms with Crippen LogP contribution < -0.4 is 0 Å². The molecule has 16 heavy (non-hydrogen) atoms. The zero-order valence-electron chi connectivity index (χ0n) is 10.8. The molecule has 3 rings (SSSR count). The molecule has 2 heterocycles. The summed E-state index contributed by atoms with van der Waals surface area (Å²) < 4.78 is 0. The van der Waals surface area contributed by atoms with Gasteiger partial charge in [-0.15, -0.1) is 0 Å². The fourth-order valence-electron chi connectivity index (χ4n) is 4.95. The normalized spacial score (nSPS) is 40.5. The smallest absolute Gasteiger partial charge is 0.0741 e. The molecule has 0 amide bonds. The molecule has 1 saturated carbocycles. The van der Waals surface area contributed by atoms with E-state index in [1.165, 1.54) is 0 Å². The minimum absolute atomic E-state index is 1.11. The largest absolute Gasteiger partial charge is 0.140 e. The lowest BCUT2D eigenvalue weighted by atomic mass is 9.39. The SMILES string of the molecule is C1CCC2CC3CCCCB(C1)CC(C2)C3. The van der Waals surface area contributed by atoms with E-state index in [1.54, 1.807) is 76.7 Å². The van der Waals surface area contributed by atoms with Gasteiger partial charge in [0.2, 0.25) is 0 Å². The lowest BCUT2D eigenvalue weighted by Gasteiger charge is -2.35. The molecule has 1 aliphatic carbocycles. The van der Waals surface area contributed by atoms with Crippen molar-refractivity contribution in [1.82, 2.24) is 0 Å². The van der Waals surface area contributed by atoms with Crippen LogP contribution in [0.3, 0.4) is 0 Å².